The van der Waals surface area contributed by atoms with Crippen LogP contribution in [0.5, 0.6) is 0 Å². The summed E-state index contributed by atoms with van der Waals surface area (Å²) in [6.45, 7) is -0.411. The van der Waals surface area contributed by atoms with Gasteiger partial charge in [-0.05, 0) is 5.56 Å². The third kappa shape index (κ3) is 2.83. The second-order valence-electron chi connectivity index (χ2n) is 2.81. The molecule has 0 bridgehead atoms. The number of aliphatic hydroxyl groups excluding tert-OH is 1. The predicted molar refractivity (Wildman–Crippen MR) is 48.1 cm³/mol. The number of benzene rings is 1. The minimum atomic E-state index is -0.409. The Labute approximate surface area is 76.0 Å². The molecule has 0 aliphatic rings. The molecule has 0 aliphatic carbocycles. The van der Waals surface area contributed by atoms with Crippen LogP contribution in [0.3, 0.4) is 0 Å². The Morgan fingerprint density at radius 2 is 2.00 bits per heavy atom. The molecule has 0 unspecified atom stereocenters. The maximum atomic E-state index is 10.2. The topological polar surface area (TPSA) is 63.4 Å². The molecule has 1 aromatic rings. The van der Waals surface area contributed by atoms with Crippen LogP contribution in [0.4, 0.5) is 0 Å². The lowest BCUT2D eigenvalue weighted by molar-refractivity contribution is -0.484. The second kappa shape index (κ2) is 4.57. The molecule has 70 valence electrons. The quantitative estimate of drug-likeness (QED) is 0.557. The molecule has 13 heavy (non-hydrogen) atoms. The van der Waals surface area contributed by atoms with E-state index in [0.717, 1.165) is 5.56 Å². The molecular weight excluding hydrogens is 170 g/mol. The Bertz CT molecular complexity index is 273. The zero-order valence-corrected chi connectivity index (χ0v) is 7.09. The van der Waals surface area contributed by atoms with E-state index in [-0.39, 0.29) is 13.2 Å². The van der Waals surface area contributed by atoms with E-state index in [0.29, 0.717) is 0 Å². The van der Waals surface area contributed by atoms with Crippen molar-refractivity contribution < 1.29 is 10.0 Å². The fourth-order valence-electron chi connectivity index (χ4n) is 1.17. The van der Waals surface area contributed by atoms with Crippen molar-refractivity contribution in [3.05, 3.63) is 46.0 Å². The van der Waals surface area contributed by atoms with Crippen molar-refractivity contribution in [1.82, 2.24) is 0 Å². The van der Waals surface area contributed by atoms with Crippen molar-refractivity contribution in [2.24, 2.45) is 0 Å². The molecule has 1 atom stereocenters. The minimum Gasteiger partial charge on any atom is -0.395 e. The number of aliphatic hydroxyl groups is 1. The lowest BCUT2D eigenvalue weighted by Crippen LogP contribution is -2.15. The van der Waals surface area contributed by atoms with Gasteiger partial charge in [-0.15, -0.1) is 0 Å². The monoisotopic (exact) mass is 181 g/mol. The molecule has 0 radical (unpaired) electrons. The summed E-state index contributed by atoms with van der Waals surface area (Å²) in [7, 11) is 0. The van der Waals surface area contributed by atoms with Gasteiger partial charge in [0.25, 0.3) is 0 Å². The zero-order chi connectivity index (χ0) is 9.68. The summed E-state index contributed by atoms with van der Waals surface area (Å²) >= 11 is 0. The third-order valence-corrected chi connectivity index (χ3v) is 1.86. The van der Waals surface area contributed by atoms with E-state index in [1.807, 2.05) is 6.07 Å². The average molecular weight is 181 g/mol. The van der Waals surface area contributed by atoms with Gasteiger partial charge >= 0.3 is 0 Å². The van der Waals surface area contributed by atoms with Crippen LogP contribution in [0.1, 0.15) is 11.5 Å². The maximum Gasteiger partial charge on any atom is 0.212 e. The van der Waals surface area contributed by atoms with Crippen molar-refractivity contribution >= 4 is 0 Å². The van der Waals surface area contributed by atoms with Gasteiger partial charge < -0.3 is 5.11 Å². The highest BCUT2D eigenvalue weighted by Gasteiger charge is 2.15. The first-order valence-electron chi connectivity index (χ1n) is 4.01. The Morgan fingerprint density at radius 3 is 2.46 bits per heavy atom. The number of hydrogen-bond donors (Lipinski definition) is 1. The van der Waals surface area contributed by atoms with Gasteiger partial charge in [0.05, 0.1) is 12.5 Å². The van der Waals surface area contributed by atoms with E-state index in [1.54, 1.807) is 24.3 Å². The van der Waals surface area contributed by atoms with Crippen molar-refractivity contribution in [3.8, 4) is 0 Å². The molecule has 0 amide bonds. The molecule has 0 spiro atoms. The van der Waals surface area contributed by atoms with Crippen molar-refractivity contribution in [2.75, 3.05) is 13.2 Å². The summed E-state index contributed by atoms with van der Waals surface area (Å²) in [6, 6.07) is 9.01. The normalized spacial score (nSPS) is 12.4. The Hall–Kier alpha value is -1.42. The molecule has 0 saturated heterocycles. The van der Waals surface area contributed by atoms with Crippen LogP contribution < -0.4 is 0 Å². The van der Waals surface area contributed by atoms with Crippen LogP contribution >= 0.6 is 0 Å². The standard InChI is InChI=1S/C9H11NO3/c11-7-9(6-10(12)13)8-4-2-1-3-5-8/h1-5,9,11H,6-7H2/t9-/m1/s1. The number of nitrogens with zero attached hydrogens (tertiary/aromatic N) is 1. The molecule has 1 aromatic carbocycles. The molecule has 1 N–H and O–H groups in total. The van der Waals surface area contributed by atoms with Gasteiger partial charge in [0.2, 0.25) is 6.54 Å². The minimum absolute atomic E-state index is 0.189. The van der Waals surface area contributed by atoms with E-state index in [1.165, 1.54) is 0 Å². The first-order chi connectivity index (χ1) is 6.24. The summed E-state index contributed by atoms with van der Waals surface area (Å²) in [5.41, 5.74) is 0.807. The molecule has 0 heterocycles. The highest BCUT2D eigenvalue weighted by atomic mass is 16.6. The van der Waals surface area contributed by atoms with Crippen LogP contribution in [-0.2, 0) is 0 Å². The predicted octanol–water partition coefficient (Wildman–Crippen LogP) is 1.04. The van der Waals surface area contributed by atoms with Gasteiger partial charge in [0, 0.05) is 4.92 Å². The van der Waals surface area contributed by atoms with Gasteiger partial charge in [-0.25, -0.2) is 0 Å². The summed E-state index contributed by atoms with van der Waals surface area (Å²) in [6.07, 6.45) is 0. The van der Waals surface area contributed by atoms with Gasteiger partial charge in [0.1, 0.15) is 0 Å². The molecule has 1 rings (SSSR count). The third-order valence-electron chi connectivity index (χ3n) is 1.86. The van der Waals surface area contributed by atoms with Crippen molar-refractivity contribution in [2.45, 2.75) is 5.92 Å². The molecule has 0 aromatic heterocycles. The van der Waals surface area contributed by atoms with E-state index in [4.69, 9.17) is 5.11 Å². The average Bonchev–Trinajstić information content (AvgIpc) is 2.15. The van der Waals surface area contributed by atoms with E-state index in [2.05, 4.69) is 0 Å². The fourth-order valence-corrected chi connectivity index (χ4v) is 1.17. The summed E-state index contributed by atoms with van der Waals surface area (Å²) in [5.74, 6) is -0.392. The first kappa shape index (κ1) is 9.67. The molecule has 0 aliphatic heterocycles. The fraction of sp³-hybridized carbons (Fsp3) is 0.333. The van der Waals surface area contributed by atoms with Crippen molar-refractivity contribution in [3.63, 3.8) is 0 Å². The summed E-state index contributed by atoms with van der Waals surface area (Å²) in [4.78, 5) is 9.83. The molecule has 4 heteroatoms. The molecule has 4 nitrogen and oxygen atoms in total. The van der Waals surface area contributed by atoms with Gasteiger partial charge in [0.15, 0.2) is 0 Å². The highest BCUT2D eigenvalue weighted by molar-refractivity contribution is 5.19. The first-order valence-corrected chi connectivity index (χ1v) is 4.01. The Kier molecular flexibility index (Phi) is 3.40. The Morgan fingerprint density at radius 1 is 1.38 bits per heavy atom. The van der Waals surface area contributed by atoms with Crippen LogP contribution in [0.25, 0.3) is 0 Å². The zero-order valence-electron chi connectivity index (χ0n) is 7.09. The number of nitro groups is 1. The number of rotatable bonds is 4. The molecule has 0 saturated carbocycles. The van der Waals surface area contributed by atoms with Gasteiger partial charge in [-0.2, -0.15) is 0 Å². The summed E-state index contributed by atoms with van der Waals surface area (Å²) < 4.78 is 0. The highest BCUT2D eigenvalue weighted by Crippen LogP contribution is 2.14. The number of hydrogen-bond acceptors (Lipinski definition) is 3. The maximum absolute atomic E-state index is 10.2. The van der Waals surface area contributed by atoms with Crippen LogP contribution in [0.15, 0.2) is 30.3 Å². The second-order valence-corrected chi connectivity index (χ2v) is 2.81. The molecule has 0 fully saturated rings. The summed E-state index contributed by atoms with van der Waals surface area (Å²) in [5, 5.41) is 19.2. The lowest BCUT2D eigenvalue weighted by Gasteiger charge is -2.08. The van der Waals surface area contributed by atoms with Crippen LogP contribution in [0, 0.1) is 10.1 Å². The largest absolute Gasteiger partial charge is 0.395 e. The Balaban J connectivity index is 2.73. The van der Waals surface area contributed by atoms with E-state index in [9.17, 15) is 10.1 Å². The lowest BCUT2D eigenvalue weighted by atomic mass is 10.0. The molecular formula is C9H11NO3. The van der Waals surface area contributed by atoms with Crippen LogP contribution in [-0.4, -0.2) is 23.2 Å². The van der Waals surface area contributed by atoms with Gasteiger partial charge in [-0.1, -0.05) is 30.3 Å². The van der Waals surface area contributed by atoms with Crippen molar-refractivity contribution in [1.29, 1.82) is 0 Å². The van der Waals surface area contributed by atoms with E-state index >= 15 is 0 Å². The van der Waals surface area contributed by atoms with Crippen LogP contribution in [0.2, 0.25) is 0 Å². The smallest absolute Gasteiger partial charge is 0.212 e. The van der Waals surface area contributed by atoms with E-state index < -0.39 is 10.8 Å². The van der Waals surface area contributed by atoms with Gasteiger partial charge in [-0.3, -0.25) is 10.1 Å². The SMILES string of the molecule is O=[N+]([O-])C[C@H](CO)c1ccccc1.